The van der Waals surface area contributed by atoms with Gasteiger partial charge in [0.05, 0.1) is 17.1 Å². The largest absolute Gasteiger partial charge is 0.455 e. The van der Waals surface area contributed by atoms with Gasteiger partial charge in [-0.15, -0.1) is 0 Å². The van der Waals surface area contributed by atoms with Crippen LogP contribution in [-0.2, 0) is 6.54 Å². The number of nitrogens with one attached hydrogen (secondary N) is 2. The van der Waals surface area contributed by atoms with Gasteiger partial charge in [-0.2, -0.15) is 18.3 Å². The van der Waals surface area contributed by atoms with Gasteiger partial charge >= 0.3 is 6.18 Å². The van der Waals surface area contributed by atoms with E-state index in [0.717, 1.165) is 4.68 Å². The average Bonchev–Trinajstić information content (AvgIpc) is 3.31. The number of nitrogens with zero attached hydrogens (tertiary/aromatic N) is 3. The summed E-state index contributed by atoms with van der Waals surface area (Å²) in [4.78, 5) is 19.1. The number of fused-ring (bicyclic) bond motifs is 1. The lowest BCUT2D eigenvalue weighted by Gasteiger charge is -2.09. The monoisotopic (exact) mass is 401 g/mol. The van der Waals surface area contributed by atoms with Crippen molar-refractivity contribution < 1.29 is 22.7 Å². The number of ether oxygens (including phenoxy) is 1. The lowest BCUT2D eigenvalue weighted by atomic mass is 10.2. The second-order valence-corrected chi connectivity index (χ2v) is 6.10. The zero-order valence-corrected chi connectivity index (χ0v) is 14.8. The van der Waals surface area contributed by atoms with Crippen molar-refractivity contribution in [3.63, 3.8) is 0 Å². The molecule has 0 bridgehead atoms. The van der Waals surface area contributed by atoms with E-state index in [1.54, 1.807) is 42.7 Å². The van der Waals surface area contributed by atoms with Crippen molar-refractivity contribution in [3.8, 4) is 11.5 Å². The summed E-state index contributed by atoms with van der Waals surface area (Å²) < 4.78 is 45.6. The van der Waals surface area contributed by atoms with Gasteiger partial charge in [0.2, 0.25) is 0 Å². The van der Waals surface area contributed by atoms with Gasteiger partial charge in [-0.1, -0.05) is 6.07 Å². The summed E-state index contributed by atoms with van der Waals surface area (Å²) in [7, 11) is 0. The second kappa shape index (κ2) is 7.30. The van der Waals surface area contributed by atoms with Crippen LogP contribution in [0.15, 0.2) is 61.1 Å². The van der Waals surface area contributed by atoms with Crippen LogP contribution in [0.25, 0.3) is 10.9 Å². The molecule has 0 saturated heterocycles. The molecule has 29 heavy (non-hydrogen) atoms. The standard InChI is InChI=1S/C19H14F3N5O2/c20-19(21,22)11-27-14-6-1-7-15(29-12-4-2-8-23-10-12)16(14)17(26-27)25-18(28)13-5-3-9-24-13/h1-10,24H,11H2,(H,25,26,28). The van der Waals surface area contributed by atoms with Crippen molar-refractivity contribution in [2.75, 3.05) is 5.32 Å². The highest BCUT2D eigenvalue weighted by Crippen LogP contribution is 2.36. The van der Waals surface area contributed by atoms with Gasteiger partial charge in [0.1, 0.15) is 23.7 Å². The Morgan fingerprint density at radius 1 is 1.17 bits per heavy atom. The third kappa shape index (κ3) is 4.05. The van der Waals surface area contributed by atoms with E-state index in [2.05, 4.69) is 20.4 Å². The van der Waals surface area contributed by atoms with Gasteiger partial charge < -0.3 is 15.0 Å². The van der Waals surface area contributed by atoms with Crippen LogP contribution in [-0.4, -0.2) is 31.8 Å². The number of carbonyl (C=O) groups is 1. The third-order valence-electron chi connectivity index (χ3n) is 4.01. The molecule has 0 aliphatic heterocycles. The van der Waals surface area contributed by atoms with Crippen LogP contribution in [0.3, 0.4) is 0 Å². The minimum absolute atomic E-state index is 0.0386. The number of aromatic nitrogens is 4. The molecule has 148 valence electrons. The first-order valence-electron chi connectivity index (χ1n) is 8.49. The molecule has 0 fully saturated rings. The number of carbonyl (C=O) groups excluding carboxylic acids is 1. The van der Waals surface area contributed by atoms with E-state index in [1.807, 2.05) is 0 Å². The summed E-state index contributed by atoms with van der Waals surface area (Å²) in [6.45, 7) is -1.31. The number of H-pyrrole nitrogens is 1. The number of rotatable bonds is 5. The van der Waals surface area contributed by atoms with Crippen molar-refractivity contribution in [2.45, 2.75) is 12.7 Å². The molecule has 3 heterocycles. The Morgan fingerprint density at radius 2 is 2.03 bits per heavy atom. The highest BCUT2D eigenvalue weighted by Gasteiger charge is 2.30. The second-order valence-electron chi connectivity index (χ2n) is 6.10. The molecule has 0 spiro atoms. The smallest absolute Gasteiger partial charge is 0.408 e. The minimum atomic E-state index is -4.49. The maximum Gasteiger partial charge on any atom is 0.408 e. The van der Waals surface area contributed by atoms with E-state index >= 15 is 0 Å². The zero-order valence-electron chi connectivity index (χ0n) is 14.8. The molecule has 10 heteroatoms. The van der Waals surface area contributed by atoms with E-state index in [4.69, 9.17) is 4.74 Å². The highest BCUT2D eigenvalue weighted by atomic mass is 19.4. The predicted molar refractivity (Wildman–Crippen MR) is 98.8 cm³/mol. The number of amides is 1. The maximum atomic E-state index is 13.0. The van der Waals surface area contributed by atoms with Crippen LogP contribution < -0.4 is 10.1 Å². The fraction of sp³-hybridized carbons (Fsp3) is 0.105. The van der Waals surface area contributed by atoms with Crippen molar-refractivity contribution in [1.82, 2.24) is 19.7 Å². The van der Waals surface area contributed by atoms with Crippen molar-refractivity contribution in [1.29, 1.82) is 0 Å². The Balaban J connectivity index is 1.80. The van der Waals surface area contributed by atoms with E-state index in [9.17, 15) is 18.0 Å². The number of anilines is 1. The normalized spacial score (nSPS) is 11.6. The molecule has 1 amide bonds. The highest BCUT2D eigenvalue weighted by molar-refractivity contribution is 6.08. The molecule has 0 aliphatic carbocycles. The van der Waals surface area contributed by atoms with E-state index < -0.39 is 18.6 Å². The SMILES string of the molecule is O=C(Nc1nn(CC(F)(F)F)c2cccc(Oc3cccnc3)c12)c1ccc[nH]1. The quantitative estimate of drug-likeness (QED) is 0.520. The molecule has 7 nitrogen and oxygen atoms in total. The molecular formula is C19H14F3N5O2. The van der Waals surface area contributed by atoms with Crippen LogP contribution in [0.2, 0.25) is 0 Å². The fourth-order valence-corrected chi connectivity index (χ4v) is 2.84. The predicted octanol–water partition coefficient (Wildman–Crippen LogP) is 4.37. The fourth-order valence-electron chi connectivity index (χ4n) is 2.84. The Bertz CT molecular complexity index is 1140. The van der Waals surface area contributed by atoms with Crippen molar-refractivity contribution in [3.05, 3.63) is 66.7 Å². The van der Waals surface area contributed by atoms with Gasteiger partial charge in [-0.05, 0) is 36.4 Å². The first kappa shape index (κ1) is 18.5. The van der Waals surface area contributed by atoms with Gasteiger partial charge in [0, 0.05) is 12.4 Å². The Labute approximate surface area is 162 Å². The number of benzene rings is 1. The van der Waals surface area contributed by atoms with E-state index in [1.165, 1.54) is 18.3 Å². The number of hydrogen-bond acceptors (Lipinski definition) is 4. The molecule has 4 rings (SSSR count). The molecule has 0 unspecified atom stereocenters. The number of alkyl halides is 3. The summed E-state index contributed by atoms with van der Waals surface area (Å²) in [5.41, 5.74) is 0.416. The average molecular weight is 401 g/mol. The number of pyridine rings is 1. The molecule has 0 atom stereocenters. The summed E-state index contributed by atoms with van der Waals surface area (Å²) >= 11 is 0. The maximum absolute atomic E-state index is 13.0. The van der Waals surface area contributed by atoms with Crippen molar-refractivity contribution in [2.24, 2.45) is 0 Å². The summed E-state index contributed by atoms with van der Waals surface area (Å²) in [6.07, 6.45) is 0.110. The first-order chi connectivity index (χ1) is 13.9. The van der Waals surface area contributed by atoms with Crippen LogP contribution in [0.5, 0.6) is 11.5 Å². The van der Waals surface area contributed by atoms with Crippen LogP contribution in [0, 0.1) is 0 Å². The van der Waals surface area contributed by atoms with Crippen LogP contribution in [0.4, 0.5) is 19.0 Å². The topological polar surface area (TPSA) is 84.8 Å². The molecule has 2 N–H and O–H groups in total. The number of halogens is 3. The summed E-state index contributed by atoms with van der Waals surface area (Å²) in [5, 5.41) is 6.79. The lowest BCUT2D eigenvalue weighted by Crippen LogP contribution is -2.19. The van der Waals surface area contributed by atoms with Crippen molar-refractivity contribution >= 4 is 22.6 Å². The molecule has 0 aliphatic rings. The summed E-state index contributed by atoms with van der Waals surface area (Å²) in [6, 6.07) is 11.1. The molecule has 3 aromatic heterocycles. The van der Waals surface area contributed by atoms with Gasteiger partial charge in [-0.25, -0.2) is 0 Å². The Morgan fingerprint density at radius 3 is 2.72 bits per heavy atom. The number of aromatic amines is 1. The molecule has 0 saturated carbocycles. The van der Waals surface area contributed by atoms with E-state index in [-0.39, 0.29) is 28.2 Å². The van der Waals surface area contributed by atoms with E-state index in [0.29, 0.717) is 5.75 Å². The molecule has 0 radical (unpaired) electrons. The summed E-state index contributed by atoms with van der Waals surface area (Å²) in [5.74, 6) is 0.0593. The van der Waals surface area contributed by atoms with Crippen LogP contribution in [0.1, 0.15) is 10.5 Å². The molecule has 1 aromatic carbocycles. The van der Waals surface area contributed by atoms with Crippen LogP contribution >= 0.6 is 0 Å². The van der Waals surface area contributed by atoms with Gasteiger partial charge in [0.25, 0.3) is 5.91 Å². The first-order valence-corrected chi connectivity index (χ1v) is 8.49. The molecular weight excluding hydrogens is 387 g/mol. The molecule has 4 aromatic rings. The third-order valence-corrected chi connectivity index (χ3v) is 4.01. The Hall–Kier alpha value is -3.82. The minimum Gasteiger partial charge on any atom is -0.455 e. The zero-order chi connectivity index (χ0) is 20.4. The Kier molecular flexibility index (Phi) is 4.67. The lowest BCUT2D eigenvalue weighted by molar-refractivity contribution is -0.141. The van der Waals surface area contributed by atoms with Gasteiger partial charge in [0.15, 0.2) is 5.82 Å². The number of hydrogen-bond donors (Lipinski definition) is 2. The van der Waals surface area contributed by atoms with Gasteiger partial charge in [-0.3, -0.25) is 14.5 Å².